The molecule has 0 aliphatic rings. The summed E-state index contributed by atoms with van der Waals surface area (Å²) < 4.78 is 34.9. The minimum absolute atomic E-state index is 0.0602. The first-order chi connectivity index (χ1) is 12.5. The number of aromatic nitrogens is 3. The topological polar surface area (TPSA) is 60.2 Å². The minimum atomic E-state index is -1.76. The molecule has 0 fully saturated rings. The van der Waals surface area contributed by atoms with Gasteiger partial charge in [-0.15, -0.1) is 0 Å². The number of rotatable bonds is 7. The van der Waals surface area contributed by atoms with Gasteiger partial charge in [0, 0.05) is 11.6 Å². The molecule has 0 radical (unpaired) electrons. The summed E-state index contributed by atoms with van der Waals surface area (Å²) in [5, 5.41) is 15.3. The molecule has 5 nitrogen and oxygen atoms in total. The molecule has 1 heterocycles. The van der Waals surface area contributed by atoms with Gasteiger partial charge in [-0.1, -0.05) is 36.4 Å². The molecule has 0 saturated heterocycles. The molecule has 0 aliphatic carbocycles. The van der Waals surface area contributed by atoms with E-state index in [2.05, 4.69) is 10.1 Å². The molecule has 7 heteroatoms. The van der Waals surface area contributed by atoms with E-state index < -0.39 is 23.3 Å². The lowest BCUT2D eigenvalue weighted by Gasteiger charge is -2.34. The third-order valence-corrected chi connectivity index (χ3v) is 4.28. The molecule has 136 valence electrons. The zero-order valence-electron chi connectivity index (χ0n) is 14.2. The summed E-state index contributed by atoms with van der Waals surface area (Å²) in [6, 6.07) is 12.5. The van der Waals surface area contributed by atoms with Gasteiger partial charge in [-0.25, -0.2) is 18.4 Å². The summed E-state index contributed by atoms with van der Waals surface area (Å²) in [7, 11) is 0. The minimum Gasteiger partial charge on any atom is -0.380 e. The van der Waals surface area contributed by atoms with E-state index in [-0.39, 0.29) is 18.7 Å². The highest BCUT2D eigenvalue weighted by atomic mass is 19.1. The predicted octanol–water partition coefficient (Wildman–Crippen LogP) is 3.05. The van der Waals surface area contributed by atoms with Crippen LogP contribution in [0.25, 0.3) is 0 Å². The van der Waals surface area contributed by atoms with Crippen molar-refractivity contribution < 1.29 is 18.6 Å². The number of aliphatic hydroxyl groups is 1. The lowest BCUT2D eigenvalue weighted by Crippen LogP contribution is -2.44. The highest BCUT2D eigenvalue weighted by molar-refractivity contribution is 5.26. The summed E-state index contributed by atoms with van der Waals surface area (Å²) in [6.45, 7) is 1.79. The quantitative estimate of drug-likeness (QED) is 0.704. The second-order valence-electron chi connectivity index (χ2n) is 6.08. The van der Waals surface area contributed by atoms with Crippen LogP contribution in [0, 0.1) is 11.6 Å². The maximum atomic E-state index is 14.4. The van der Waals surface area contributed by atoms with Gasteiger partial charge >= 0.3 is 0 Å². The lowest BCUT2D eigenvalue weighted by molar-refractivity contribution is -0.124. The summed E-state index contributed by atoms with van der Waals surface area (Å²) in [6.07, 6.45) is 1.93. The van der Waals surface area contributed by atoms with E-state index >= 15 is 0 Å². The van der Waals surface area contributed by atoms with Gasteiger partial charge in [0.25, 0.3) is 0 Å². The number of hydrogen-bond donors (Lipinski definition) is 1. The Morgan fingerprint density at radius 2 is 1.96 bits per heavy atom. The van der Waals surface area contributed by atoms with E-state index in [0.717, 1.165) is 17.7 Å². The summed E-state index contributed by atoms with van der Waals surface area (Å²) >= 11 is 0. The van der Waals surface area contributed by atoms with Gasteiger partial charge in [0.05, 0.1) is 19.3 Å². The molecule has 2 atom stereocenters. The van der Waals surface area contributed by atoms with Crippen molar-refractivity contribution in [2.75, 3.05) is 0 Å². The van der Waals surface area contributed by atoms with Gasteiger partial charge in [0.2, 0.25) is 0 Å². The highest BCUT2D eigenvalue weighted by Crippen LogP contribution is 2.32. The Labute approximate surface area is 149 Å². The van der Waals surface area contributed by atoms with Gasteiger partial charge in [0.15, 0.2) is 0 Å². The van der Waals surface area contributed by atoms with Crippen LogP contribution < -0.4 is 0 Å². The Morgan fingerprint density at radius 1 is 1.19 bits per heavy atom. The maximum absolute atomic E-state index is 14.4. The van der Waals surface area contributed by atoms with Crippen molar-refractivity contribution in [2.24, 2.45) is 0 Å². The molecule has 0 unspecified atom stereocenters. The van der Waals surface area contributed by atoms with Crippen LogP contribution in [0.3, 0.4) is 0 Å². The highest BCUT2D eigenvalue weighted by Gasteiger charge is 2.40. The van der Waals surface area contributed by atoms with Gasteiger partial charge < -0.3 is 9.84 Å². The van der Waals surface area contributed by atoms with Crippen molar-refractivity contribution in [3.63, 3.8) is 0 Å². The number of benzene rings is 2. The number of hydrogen-bond acceptors (Lipinski definition) is 4. The molecule has 0 aliphatic heterocycles. The number of nitrogens with zero attached hydrogens (tertiary/aromatic N) is 3. The SMILES string of the molecule is C[C@@H](OCc1ccccc1)[C@](O)(Cn1cncn1)c1ccc(F)cc1F. The molecule has 0 saturated carbocycles. The van der Waals surface area contributed by atoms with Crippen LogP contribution in [0.5, 0.6) is 0 Å². The molecular weight excluding hydrogens is 340 g/mol. The van der Waals surface area contributed by atoms with E-state index in [1.165, 1.54) is 23.4 Å². The molecule has 3 aromatic rings. The van der Waals surface area contributed by atoms with Crippen LogP contribution in [-0.2, 0) is 23.5 Å². The lowest BCUT2D eigenvalue weighted by atomic mass is 9.88. The molecule has 0 bridgehead atoms. The normalized spacial score (nSPS) is 14.8. The van der Waals surface area contributed by atoms with Crippen molar-refractivity contribution in [1.29, 1.82) is 0 Å². The zero-order valence-corrected chi connectivity index (χ0v) is 14.2. The third kappa shape index (κ3) is 3.95. The smallest absolute Gasteiger partial charge is 0.138 e. The molecule has 0 spiro atoms. The van der Waals surface area contributed by atoms with Crippen LogP contribution in [0.15, 0.2) is 61.2 Å². The van der Waals surface area contributed by atoms with Crippen LogP contribution >= 0.6 is 0 Å². The molecule has 1 aromatic heterocycles. The van der Waals surface area contributed by atoms with Gasteiger partial charge in [-0.05, 0) is 18.6 Å². The fourth-order valence-corrected chi connectivity index (χ4v) is 2.77. The first-order valence-electron chi connectivity index (χ1n) is 8.15. The standard InChI is InChI=1S/C19H19F2N3O2/c1-14(26-10-15-5-3-2-4-6-15)19(25,11-24-13-22-12-23-24)17-8-7-16(20)9-18(17)21/h2-9,12-14,25H,10-11H2,1H3/t14-,19-/m1/s1. The molecule has 1 N–H and O–H groups in total. The second-order valence-corrected chi connectivity index (χ2v) is 6.08. The fourth-order valence-electron chi connectivity index (χ4n) is 2.77. The molecular formula is C19H19F2N3O2. The van der Waals surface area contributed by atoms with Gasteiger partial charge in [-0.2, -0.15) is 5.10 Å². The predicted molar refractivity (Wildman–Crippen MR) is 91.0 cm³/mol. The van der Waals surface area contributed by atoms with E-state index in [9.17, 15) is 13.9 Å². The molecule has 26 heavy (non-hydrogen) atoms. The Morgan fingerprint density at radius 3 is 2.62 bits per heavy atom. The van der Waals surface area contributed by atoms with Crippen molar-refractivity contribution in [1.82, 2.24) is 14.8 Å². The van der Waals surface area contributed by atoms with Crippen LogP contribution in [0.4, 0.5) is 8.78 Å². The van der Waals surface area contributed by atoms with E-state index in [4.69, 9.17) is 4.74 Å². The summed E-state index contributed by atoms with van der Waals surface area (Å²) in [5.41, 5.74) is -0.905. The van der Waals surface area contributed by atoms with Crippen LogP contribution in [0.2, 0.25) is 0 Å². The Kier molecular flexibility index (Phi) is 5.39. The maximum Gasteiger partial charge on any atom is 0.138 e. The summed E-state index contributed by atoms with van der Waals surface area (Å²) in [5.74, 6) is -1.56. The van der Waals surface area contributed by atoms with Crippen molar-refractivity contribution >= 4 is 0 Å². The first-order valence-corrected chi connectivity index (χ1v) is 8.15. The monoisotopic (exact) mass is 359 g/mol. The Bertz CT molecular complexity index is 843. The van der Waals surface area contributed by atoms with Gasteiger partial charge in [0.1, 0.15) is 29.9 Å². The van der Waals surface area contributed by atoms with E-state index in [1.807, 2.05) is 30.3 Å². The van der Waals surface area contributed by atoms with E-state index in [0.29, 0.717) is 0 Å². The van der Waals surface area contributed by atoms with Crippen molar-refractivity contribution in [2.45, 2.75) is 31.8 Å². The Hall–Kier alpha value is -2.64. The average molecular weight is 359 g/mol. The number of ether oxygens (including phenoxy) is 1. The second kappa shape index (κ2) is 7.72. The van der Waals surface area contributed by atoms with Crippen LogP contribution in [0.1, 0.15) is 18.1 Å². The van der Waals surface area contributed by atoms with E-state index in [1.54, 1.807) is 6.92 Å². The largest absolute Gasteiger partial charge is 0.380 e. The molecule has 2 aromatic carbocycles. The van der Waals surface area contributed by atoms with Crippen LogP contribution in [-0.4, -0.2) is 26.0 Å². The number of halogens is 2. The third-order valence-electron chi connectivity index (χ3n) is 4.28. The van der Waals surface area contributed by atoms with Gasteiger partial charge in [-0.3, -0.25) is 0 Å². The summed E-state index contributed by atoms with van der Waals surface area (Å²) in [4.78, 5) is 3.84. The van der Waals surface area contributed by atoms with Crippen molar-refractivity contribution in [3.05, 3.63) is 83.9 Å². The fraction of sp³-hybridized carbons (Fsp3) is 0.263. The average Bonchev–Trinajstić information content (AvgIpc) is 3.13. The van der Waals surface area contributed by atoms with Crippen molar-refractivity contribution in [3.8, 4) is 0 Å². The molecule has 3 rings (SSSR count). The Balaban J connectivity index is 1.88. The molecule has 0 amide bonds. The zero-order chi connectivity index (χ0) is 18.6. The first kappa shape index (κ1) is 18.2.